The summed E-state index contributed by atoms with van der Waals surface area (Å²) in [6, 6.07) is 13.8. The van der Waals surface area contributed by atoms with Crippen LogP contribution in [0.5, 0.6) is 5.75 Å². The number of benzene rings is 2. The Labute approximate surface area is 196 Å². The highest BCUT2D eigenvalue weighted by atomic mass is 16.5. The lowest BCUT2D eigenvalue weighted by Crippen LogP contribution is -2.44. The average molecular weight is 447 g/mol. The Kier molecular flexibility index (Phi) is 6.29. The highest BCUT2D eigenvalue weighted by Crippen LogP contribution is 2.40. The second-order valence-corrected chi connectivity index (χ2v) is 10.4. The minimum absolute atomic E-state index is 0.0457. The number of rotatable bonds is 5. The third kappa shape index (κ3) is 4.46. The molecule has 1 saturated carbocycles. The molecule has 33 heavy (non-hydrogen) atoms. The quantitative estimate of drug-likeness (QED) is 0.561. The number of fused-ring (bicyclic) bond motifs is 3. The second-order valence-electron chi connectivity index (χ2n) is 10.4. The van der Waals surface area contributed by atoms with E-state index in [0.717, 1.165) is 67.5 Å². The van der Waals surface area contributed by atoms with Gasteiger partial charge in [-0.2, -0.15) is 5.26 Å². The molecule has 1 aliphatic carbocycles. The van der Waals surface area contributed by atoms with Crippen molar-refractivity contribution < 1.29 is 14.3 Å². The molecule has 0 amide bonds. The first-order chi connectivity index (χ1) is 16.1. The highest BCUT2D eigenvalue weighted by Gasteiger charge is 2.43. The van der Waals surface area contributed by atoms with Gasteiger partial charge in [-0.15, -0.1) is 0 Å². The fourth-order valence-electron chi connectivity index (χ4n) is 6.30. The summed E-state index contributed by atoms with van der Waals surface area (Å²) in [6.45, 7) is 3.19. The van der Waals surface area contributed by atoms with Crippen LogP contribution in [-0.4, -0.2) is 36.2 Å². The van der Waals surface area contributed by atoms with Crippen molar-refractivity contribution in [3.8, 4) is 11.8 Å². The molecular weight excluding hydrogens is 412 g/mol. The number of hydrogen-bond acceptors (Lipinski definition) is 5. The minimum atomic E-state index is -0.0537. The Morgan fingerprint density at radius 1 is 1.06 bits per heavy atom. The number of carbonyl (C=O) groups excluding carboxylic acids is 1. The van der Waals surface area contributed by atoms with E-state index in [1.807, 2.05) is 6.07 Å². The molecule has 2 atom stereocenters. The third-order valence-corrected chi connectivity index (χ3v) is 8.20. The molecule has 2 aromatic rings. The van der Waals surface area contributed by atoms with Crippen LogP contribution in [-0.2, 0) is 16.1 Å². The number of methoxy groups -OCH3 is 1. The van der Waals surface area contributed by atoms with E-state index < -0.39 is 0 Å². The van der Waals surface area contributed by atoms with Gasteiger partial charge in [-0.3, -0.25) is 9.69 Å². The summed E-state index contributed by atoms with van der Waals surface area (Å²) in [5.41, 5.74) is 1.91. The van der Waals surface area contributed by atoms with Gasteiger partial charge >= 0.3 is 5.97 Å². The predicted octanol–water partition coefficient (Wildman–Crippen LogP) is 5.58. The van der Waals surface area contributed by atoms with Gasteiger partial charge in [0.2, 0.25) is 0 Å². The van der Waals surface area contributed by atoms with Gasteiger partial charge < -0.3 is 9.47 Å². The van der Waals surface area contributed by atoms with E-state index in [4.69, 9.17) is 9.47 Å². The van der Waals surface area contributed by atoms with Crippen LogP contribution < -0.4 is 4.74 Å². The van der Waals surface area contributed by atoms with Crippen LogP contribution in [0, 0.1) is 23.2 Å². The number of hydrogen-bond donors (Lipinski definition) is 0. The monoisotopic (exact) mass is 446 g/mol. The van der Waals surface area contributed by atoms with Gasteiger partial charge in [-0.1, -0.05) is 25.1 Å². The molecule has 2 heterocycles. The van der Waals surface area contributed by atoms with Crippen LogP contribution >= 0.6 is 0 Å². The Morgan fingerprint density at radius 2 is 1.79 bits per heavy atom. The smallest absolute Gasteiger partial charge is 0.308 e. The Balaban J connectivity index is 1.32. The molecule has 2 bridgehead atoms. The van der Waals surface area contributed by atoms with Crippen molar-refractivity contribution in [3.63, 3.8) is 0 Å². The summed E-state index contributed by atoms with van der Waals surface area (Å²) in [5.74, 6) is 1.49. The number of carbonyl (C=O) groups is 1. The maximum Gasteiger partial charge on any atom is 0.308 e. The zero-order valence-electron chi connectivity index (χ0n) is 19.8. The second kappa shape index (κ2) is 9.35. The van der Waals surface area contributed by atoms with Crippen molar-refractivity contribution in [3.05, 3.63) is 41.5 Å². The molecule has 2 unspecified atom stereocenters. The van der Waals surface area contributed by atoms with Crippen molar-refractivity contribution in [2.24, 2.45) is 11.8 Å². The van der Waals surface area contributed by atoms with Gasteiger partial charge in [0, 0.05) is 24.0 Å². The molecule has 2 saturated heterocycles. The maximum atomic E-state index is 12.0. The summed E-state index contributed by atoms with van der Waals surface area (Å²) in [6.07, 6.45) is 8.86. The number of ether oxygens (including phenoxy) is 2. The van der Waals surface area contributed by atoms with Gasteiger partial charge in [0.1, 0.15) is 17.4 Å². The van der Waals surface area contributed by atoms with Crippen molar-refractivity contribution >= 4 is 16.7 Å². The lowest BCUT2D eigenvalue weighted by atomic mass is 9.89. The van der Waals surface area contributed by atoms with Gasteiger partial charge in [0.15, 0.2) is 0 Å². The van der Waals surface area contributed by atoms with E-state index in [1.54, 1.807) is 0 Å². The maximum absolute atomic E-state index is 12.0. The van der Waals surface area contributed by atoms with E-state index >= 15 is 0 Å². The third-order valence-electron chi connectivity index (χ3n) is 8.20. The van der Waals surface area contributed by atoms with Crippen LogP contribution in [0.3, 0.4) is 0 Å². The van der Waals surface area contributed by atoms with Gasteiger partial charge in [-0.25, -0.2) is 0 Å². The number of nitrogens with zero attached hydrogens (tertiary/aromatic N) is 2. The number of nitriles is 1. The molecule has 3 aliphatic rings. The number of esters is 1. The molecule has 5 heteroatoms. The van der Waals surface area contributed by atoms with E-state index in [0.29, 0.717) is 17.6 Å². The zero-order chi connectivity index (χ0) is 22.9. The van der Waals surface area contributed by atoms with Crippen LogP contribution in [0.1, 0.15) is 69.4 Å². The summed E-state index contributed by atoms with van der Waals surface area (Å²) in [5, 5.41) is 12.0. The van der Waals surface area contributed by atoms with Gasteiger partial charge in [0.05, 0.1) is 19.1 Å². The van der Waals surface area contributed by atoms with Crippen LogP contribution in [0.15, 0.2) is 30.3 Å². The Bertz CT molecular complexity index is 1050. The molecule has 0 aromatic heterocycles. The first-order valence-corrected chi connectivity index (χ1v) is 12.5. The molecule has 0 spiro atoms. The fraction of sp³-hybridized carbons (Fsp3) is 0.571. The summed E-state index contributed by atoms with van der Waals surface area (Å²) >= 11 is 0. The van der Waals surface area contributed by atoms with Crippen molar-refractivity contribution in [2.45, 2.75) is 83.0 Å². The lowest BCUT2D eigenvalue weighted by molar-refractivity contribution is -0.148. The zero-order valence-corrected chi connectivity index (χ0v) is 19.8. The Morgan fingerprint density at radius 3 is 2.45 bits per heavy atom. The summed E-state index contributed by atoms with van der Waals surface area (Å²) in [4.78, 5) is 14.6. The minimum Gasteiger partial charge on any atom is -0.489 e. The standard InChI is InChI=1S/C28H34N2O3/c1-18-3-9-24(10-4-18)33-27-12-6-20-13-19(5-11-25(20)26(27)16-29)17-30-22-7-8-23(30)15-21(14-22)28(31)32-2/h5-6,11-13,18,21-24H,3-4,7-10,14-15,17H2,1-2H3/t18-,21?,22?,23?,24+. The van der Waals surface area contributed by atoms with Gasteiger partial charge in [0.25, 0.3) is 0 Å². The summed E-state index contributed by atoms with van der Waals surface area (Å²) in [7, 11) is 1.49. The van der Waals surface area contributed by atoms with Crippen molar-refractivity contribution in [1.29, 1.82) is 5.26 Å². The first kappa shape index (κ1) is 22.2. The summed E-state index contributed by atoms with van der Waals surface area (Å²) < 4.78 is 11.3. The molecule has 2 aromatic carbocycles. The van der Waals surface area contributed by atoms with E-state index in [2.05, 4.69) is 42.2 Å². The molecule has 5 nitrogen and oxygen atoms in total. The normalized spacial score (nSPS) is 29.5. The van der Waals surface area contributed by atoms with Crippen molar-refractivity contribution in [1.82, 2.24) is 4.90 Å². The molecular formula is C28H34N2O3. The molecule has 174 valence electrons. The van der Waals surface area contributed by atoms with E-state index in [1.165, 1.54) is 25.5 Å². The molecule has 5 rings (SSSR count). The largest absolute Gasteiger partial charge is 0.489 e. The molecule has 2 aliphatic heterocycles. The first-order valence-electron chi connectivity index (χ1n) is 12.5. The van der Waals surface area contributed by atoms with Gasteiger partial charge in [-0.05, 0) is 80.4 Å². The van der Waals surface area contributed by atoms with Crippen LogP contribution in [0.25, 0.3) is 10.8 Å². The topological polar surface area (TPSA) is 62.6 Å². The molecule has 0 radical (unpaired) electrons. The number of piperidine rings is 1. The average Bonchev–Trinajstić information content (AvgIpc) is 3.05. The Hall–Kier alpha value is -2.58. The van der Waals surface area contributed by atoms with Crippen LogP contribution in [0.4, 0.5) is 0 Å². The van der Waals surface area contributed by atoms with Crippen molar-refractivity contribution in [2.75, 3.05) is 7.11 Å². The molecule has 3 fully saturated rings. The van der Waals surface area contributed by atoms with E-state index in [-0.39, 0.29) is 18.0 Å². The SMILES string of the molecule is COC(=O)C1CC2CCC(C1)N2Cc1ccc2c(C#N)c(O[C@H]3CC[C@@H](C)CC3)ccc2c1. The van der Waals surface area contributed by atoms with E-state index in [9.17, 15) is 10.1 Å². The lowest BCUT2D eigenvalue weighted by Gasteiger charge is -2.38. The van der Waals surface area contributed by atoms with Crippen LogP contribution in [0.2, 0.25) is 0 Å². The molecule has 0 N–H and O–H groups in total. The fourth-order valence-corrected chi connectivity index (χ4v) is 6.30. The highest BCUT2D eigenvalue weighted by molar-refractivity contribution is 5.90. The predicted molar refractivity (Wildman–Crippen MR) is 128 cm³/mol.